The van der Waals surface area contributed by atoms with Crippen LogP contribution in [0.5, 0.6) is 5.75 Å². The first-order chi connectivity index (χ1) is 10.2. The molecule has 0 atom stereocenters. The lowest BCUT2D eigenvalue weighted by Crippen LogP contribution is -1.96. The molecule has 0 aliphatic rings. The molecule has 2 heterocycles. The summed E-state index contributed by atoms with van der Waals surface area (Å²) in [6, 6.07) is 9.41. The van der Waals surface area contributed by atoms with Crippen molar-refractivity contribution in [2.45, 2.75) is 0 Å². The van der Waals surface area contributed by atoms with E-state index < -0.39 is 0 Å². The number of ether oxygens (including phenoxy) is 1. The van der Waals surface area contributed by atoms with Crippen molar-refractivity contribution >= 4 is 33.6 Å². The van der Waals surface area contributed by atoms with E-state index in [0.29, 0.717) is 5.69 Å². The van der Waals surface area contributed by atoms with E-state index in [9.17, 15) is 4.79 Å². The fraction of sp³-hybridized carbons (Fsp3) is 0.0667. The average Bonchev–Trinajstić information content (AvgIpc) is 3.15. The lowest BCUT2D eigenvalue weighted by molar-refractivity contribution is 0.111. The third-order valence-electron chi connectivity index (χ3n) is 3.05. The maximum Gasteiger partial charge on any atom is 0.194 e. The molecule has 3 rings (SSSR count). The normalized spacial score (nSPS) is 10.6. The van der Waals surface area contributed by atoms with E-state index in [1.807, 2.05) is 35.8 Å². The molecule has 0 saturated heterocycles. The second-order valence-electron chi connectivity index (χ2n) is 4.29. The van der Waals surface area contributed by atoms with Crippen LogP contribution in [0.15, 0.2) is 46.4 Å². The van der Waals surface area contributed by atoms with E-state index >= 15 is 0 Å². The Labute approximate surface area is 134 Å². The van der Waals surface area contributed by atoms with Crippen LogP contribution in [0.2, 0.25) is 0 Å². The van der Waals surface area contributed by atoms with Crippen LogP contribution in [0, 0.1) is 0 Å². The number of benzene rings is 1. The summed E-state index contributed by atoms with van der Waals surface area (Å²) in [5.41, 5.74) is 2.45. The summed E-state index contributed by atoms with van der Waals surface area (Å²) in [5, 5.41) is 2.74. The van der Waals surface area contributed by atoms with Gasteiger partial charge >= 0.3 is 0 Å². The average molecular weight is 363 g/mol. The van der Waals surface area contributed by atoms with Crippen LogP contribution in [0.3, 0.4) is 0 Å². The molecule has 0 radical (unpaired) electrons. The highest BCUT2D eigenvalue weighted by atomic mass is 79.9. The van der Waals surface area contributed by atoms with E-state index in [4.69, 9.17) is 4.74 Å². The van der Waals surface area contributed by atoms with Gasteiger partial charge in [0.1, 0.15) is 5.75 Å². The lowest BCUT2D eigenvalue weighted by atomic mass is 10.2. The molecule has 0 saturated carbocycles. The Kier molecular flexibility index (Phi) is 3.90. The van der Waals surface area contributed by atoms with E-state index in [-0.39, 0.29) is 0 Å². The predicted molar refractivity (Wildman–Crippen MR) is 86.5 cm³/mol. The van der Waals surface area contributed by atoms with Gasteiger partial charge in [-0.1, -0.05) is 0 Å². The summed E-state index contributed by atoms with van der Waals surface area (Å²) in [7, 11) is 1.63. The monoisotopic (exact) mass is 362 g/mol. The van der Waals surface area contributed by atoms with Crippen molar-refractivity contribution in [1.29, 1.82) is 0 Å². The van der Waals surface area contributed by atoms with Gasteiger partial charge in [-0.3, -0.25) is 9.36 Å². The highest BCUT2D eigenvalue weighted by Gasteiger charge is 2.10. The maximum atomic E-state index is 11.0. The fourth-order valence-corrected chi connectivity index (χ4v) is 3.37. The van der Waals surface area contributed by atoms with Crippen LogP contribution in [0.4, 0.5) is 0 Å². The molecule has 0 aliphatic heterocycles. The Morgan fingerprint density at radius 1 is 1.38 bits per heavy atom. The maximum absolute atomic E-state index is 11.0. The number of carbonyl (C=O) groups excluding carboxylic acids is 1. The van der Waals surface area contributed by atoms with Gasteiger partial charge in [-0.15, -0.1) is 11.3 Å². The zero-order valence-electron chi connectivity index (χ0n) is 11.1. The van der Waals surface area contributed by atoms with E-state index in [1.54, 1.807) is 17.7 Å². The Balaban J connectivity index is 1.98. The first kappa shape index (κ1) is 14.0. The van der Waals surface area contributed by atoms with E-state index in [2.05, 4.69) is 20.9 Å². The number of hydrogen-bond acceptors (Lipinski definition) is 4. The van der Waals surface area contributed by atoms with Crippen molar-refractivity contribution in [1.82, 2.24) is 9.55 Å². The largest absolute Gasteiger partial charge is 0.496 e. The first-order valence-corrected chi connectivity index (χ1v) is 7.82. The third-order valence-corrected chi connectivity index (χ3v) is 4.51. The molecule has 0 N–H and O–H groups in total. The Morgan fingerprint density at radius 3 is 2.95 bits per heavy atom. The van der Waals surface area contributed by atoms with Gasteiger partial charge in [-0.25, -0.2) is 4.98 Å². The van der Waals surface area contributed by atoms with Crippen LogP contribution in [-0.4, -0.2) is 22.9 Å². The fourth-order valence-electron chi connectivity index (χ4n) is 2.00. The van der Waals surface area contributed by atoms with Crippen molar-refractivity contribution in [2.75, 3.05) is 7.11 Å². The molecule has 6 heteroatoms. The SMILES string of the molecule is COc1ccc(-c2csc(-n3cccc3C=O)n2)cc1Br. The van der Waals surface area contributed by atoms with Crippen LogP contribution >= 0.6 is 27.3 Å². The first-order valence-electron chi connectivity index (χ1n) is 6.15. The van der Waals surface area contributed by atoms with Crippen LogP contribution in [-0.2, 0) is 0 Å². The Hall–Kier alpha value is -1.92. The summed E-state index contributed by atoms with van der Waals surface area (Å²) >= 11 is 4.97. The number of halogens is 1. The molecule has 4 nitrogen and oxygen atoms in total. The highest BCUT2D eigenvalue weighted by molar-refractivity contribution is 9.10. The smallest absolute Gasteiger partial charge is 0.194 e. The van der Waals surface area contributed by atoms with Gasteiger partial charge in [0.15, 0.2) is 11.4 Å². The molecule has 1 aromatic carbocycles. The third kappa shape index (κ3) is 2.64. The number of rotatable bonds is 4. The Morgan fingerprint density at radius 2 is 2.24 bits per heavy atom. The van der Waals surface area contributed by atoms with Gasteiger partial charge in [0.2, 0.25) is 0 Å². The minimum atomic E-state index is 0.590. The van der Waals surface area contributed by atoms with E-state index in [1.165, 1.54) is 11.3 Å². The minimum absolute atomic E-state index is 0.590. The molecule has 0 amide bonds. The second-order valence-corrected chi connectivity index (χ2v) is 5.98. The molecule has 0 bridgehead atoms. The molecule has 0 spiro atoms. The van der Waals surface area contributed by atoms with Gasteiger partial charge in [0.05, 0.1) is 23.0 Å². The molecule has 0 aliphatic carbocycles. The Bertz CT molecular complexity index is 795. The molecule has 0 unspecified atom stereocenters. The zero-order valence-corrected chi connectivity index (χ0v) is 13.5. The van der Waals surface area contributed by atoms with Crippen LogP contribution in [0.25, 0.3) is 16.4 Å². The van der Waals surface area contributed by atoms with Crippen LogP contribution in [0.1, 0.15) is 10.5 Å². The highest BCUT2D eigenvalue weighted by Crippen LogP contribution is 2.31. The molecule has 21 heavy (non-hydrogen) atoms. The molecular weight excluding hydrogens is 352 g/mol. The molecule has 2 aromatic heterocycles. The van der Waals surface area contributed by atoms with Crippen molar-refractivity contribution < 1.29 is 9.53 Å². The number of nitrogens with zero attached hydrogens (tertiary/aromatic N) is 2. The minimum Gasteiger partial charge on any atom is -0.496 e. The van der Waals surface area contributed by atoms with Crippen molar-refractivity contribution in [3.8, 4) is 22.1 Å². The summed E-state index contributed by atoms with van der Waals surface area (Å²) < 4.78 is 7.88. The second kappa shape index (κ2) is 5.83. The molecule has 0 fully saturated rings. The summed E-state index contributed by atoms with van der Waals surface area (Å²) in [6.07, 6.45) is 2.65. The van der Waals surface area contributed by atoms with Gasteiger partial charge in [0, 0.05) is 17.1 Å². The summed E-state index contributed by atoms with van der Waals surface area (Å²) in [4.78, 5) is 15.6. The number of thiazole rings is 1. The van der Waals surface area contributed by atoms with Gasteiger partial charge in [0.25, 0.3) is 0 Å². The standard InChI is InChI=1S/C15H11BrN2O2S/c1-20-14-5-4-10(7-12(14)16)13-9-21-15(17-13)18-6-2-3-11(18)8-19/h2-9H,1H3. The number of hydrogen-bond donors (Lipinski definition) is 0. The number of carbonyl (C=O) groups is 1. The molecule has 106 valence electrons. The quantitative estimate of drug-likeness (QED) is 0.653. The van der Waals surface area contributed by atoms with Crippen molar-refractivity contribution in [3.05, 3.63) is 52.1 Å². The van der Waals surface area contributed by atoms with E-state index in [0.717, 1.165) is 32.9 Å². The van der Waals surface area contributed by atoms with Crippen LogP contribution < -0.4 is 4.74 Å². The number of methoxy groups -OCH3 is 1. The number of aldehydes is 1. The van der Waals surface area contributed by atoms with Gasteiger partial charge in [-0.2, -0.15) is 0 Å². The topological polar surface area (TPSA) is 44.1 Å². The van der Waals surface area contributed by atoms with Crippen molar-refractivity contribution in [3.63, 3.8) is 0 Å². The molecular formula is C15H11BrN2O2S. The molecule has 3 aromatic rings. The number of aromatic nitrogens is 2. The summed E-state index contributed by atoms with van der Waals surface area (Å²) in [5.74, 6) is 0.780. The lowest BCUT2D eigenvalue weighted by Gasteiger charge is -2.04. The van der Waals surface area contributed by atoms with Gasteiger partial charge < -0.3 is 4.74 Å². The van der Waals surface area contributed by atoms with Gasteiger partial charge in [-0.05, 0) is 46.3 Å². The van der Waals surface area contributed by atoms with Crippen molar-refractivity contribution in [2.24, 2.45) is 0 Å². The zero-order chi connectivity index (χ0) is 14.8. The summed E-state index contributed by atoms with van der Waals surface area (Å²) in [6.45, 7) is 0. The predicted octanol–water partition coefficient (Wildman–Crippen LogP) is 4.18.